The van der Waals surface area contributed by atoms with Crippen molar-refractivity contribution in [1.29, 1.82) is 0 Å². The molecule has 1 aliphatic heterocycles. The monoisotopic (exact) mass is 338 g/mol. The van der Waals surface area contributed by atoms with Crippen molar-refractivity contribution in [3.63, 3.8) is 0 Å². The Kier molecular flexibility index (Phi) is 4.34. The van der Waals surface area contributed by atoms with E-state index in [2.05, 4.69) is 15.5 Å². The van der Waals surface area contributed by atoms with Gasteiger partial charge in [-0.25, -0.2) is 0 Å². The number of nitrogens with two attached hydrogens (primary N) is 1. The van der Waals surface area contributed by atoms with Gasteiger partial charge in [-0.3, -0.25) is 4.79 Å². The van der Waals surface area contributed by atoms with Crippen molar-refractivity contribution in [2.75, 3.05) is 24.3 Å². The number of anilines is 2. The van der Waals surface area contributed by atoms with E-state index in [0.717, 1.165) is 0 Å². The second-order valence-electron chi connectivity index (χ2n) is 4.51. The number of rotatable bonds is 4. The molecule has 0 fully saturated rings. The number of hydrogen-bond donors (Lipinski definition) is 2. The first-order valence-electron chi connectivity index (χ1n) is 6.58. The zero-order valence-electron chi connectivity index (χ0n) is 11.7. The Morgan fingerprint density at radius 3 is 2.86 bits per heavy atom. The summed E-state index contributed by atoms with van der Waals surface area (Å²) in [5.41, 5.74) is 6.19. The molecule has 116 valence electrons. The molecule has 0 spiro atoms. The standard InChI is InChI=1S/C13H14N4O3S2/c1-7(21-13-17-16-12(14)22-13)11(18)15-8-2-3-9-10(6-8)20-5-4-19-9/h2-3,6-7H,4-5H2,1H3,(H2,14,16)(H,15,18)/t7-/m0/s1. The molecule has 9 heteroatoms. The Balaban J connectivity index is 1.63. The number of nitrogens with zero attached hydrogens (tertiary/aromatic N) is 2. The minimum absolute atomic E-state index is 0.129. The van der Waals surface area contributed by atoms with E-state index < -0.39 is 0 Å². The first kappa shape index (κ1) is 14.9. The third-order valence-electron chi connectivity index (χ3n) is 2.88. The average molecular weight is 338 g/mol. The third kappa shape index (κ3) is 3.42. The van der Waals surface area contributed by atoms with E-state index >= 15 is 0 Å². The summed E-state index contributed by atoms with van der Waals surface area (Å²) in [5.74, 6) is 1.20. The van der Waals surface area contributed by atoms with E-state index in [-0.39, 0.29) is 11.2 Å². The smallest absolute Gasteiger partial charge is 0.237 e. The molecule has 3 N–H and O–H groups in total. The van der Waals surface area contributed by atoms with Gasteiger partial charge in [-0.1, -0.05) is 23.1 Å². The van der Waals surface area contributed by atoms with Crippen molar-refractivity contribution in [2.45, 2.75) is 16.5 Å². The fraction of sp³-hybridized carbons (Fsp3) is 0.308. The number of hydrogen-bond acceptors (Lipinski definition) is 8. The van der Waals surface area contributed by atoms with Crippen molar-refractivity contribution >= 4 is 39.8 Å². The van der Waals surface area contributed by atoms with Crippen molar-refractivity contribution in [1.82, 2.24) is 10.2 Å². The van der Waals surface area contributed by atoms with Gasteiger partial charge in [0.25, 0.3) is 0 Å². The maximum atomic E-state index is 12.2. The molecule has 1 aromatic heterocycles. The van der Waals surface area contributed by atoms with Gasteiger partial charge in [0.15, 0.2) is 15.8 Å². The summed E-state index contributed by atoms with van der Waals surface area (Å²) in [4.78, 5) is 12.2. The van der Waals surface area contributed by atoms with Crippen LogP contribution in [0, 0.1) is 0 Å². The van der Waals surface area contributed by atoms with Gasteiger partial charge in [0.1, 0.15) is 13.2 Å². The van der Waals surface area contributed by atoms with Crippen LogP contribution in [0.25, 0.3) is 0 Å². The molecule has 3 rings (SSSR count). The topological polar surface area (TPSA) is 99.4 Å². The molecule has 0 bridgehead atoms. The summed E-state index contributed by atoms with van der Waals surface area (Å²) in [6.07, 6.45) is 0. The second kappa shape index (κ2) is 6.41. The molecule has 2 heterocycles. The fourth-order valence-corrected chi connectivity index (χ4v) is 3.62. The largest absolute Gasteiger partial charge is 0.486 e. The highest BCUT2D eigenvalue weighted by atomic mass is 32.2. The molecule has 1 aliphatic rings. The Bertz CT molecular complexity index is 692. The van der Waals surface area contributed by atoms with E-state index in [4.69, 9.17) is 15.2 Å². The zero-order chi connectivity index (χ0) is 15.5. The van der Waals surface area contributed by atoms with Crippen molar-refractivity contribution in [3.8, 4) is 11.5 Å². The van der Waals surface area contributed by atoms with E-state index in [1.807, 2.05) is 0 Å². The average Bonchev–Trinajstić information content (AvgIpc) is 2.92. The maximum absolute atomic E-state index is 12.2. The number of carbonyl (C=O) groups is 1. The summed E-state index contributed by atoms with van der Waals surface area (Å²) in [7, 11) is 0. The van der Waals surface area contributed by atoms with E-state index in [1.165, 1.54) is 23.1 Å². The van der Waals surface area contributed by atoms with Crippen LogP contribution in [-0.4, -0.2) is 34.6 Å². The van der Waals surface area contributed by atoms with Crippen molar-refractivity contribution in [3.05, 3.63) is 18.2 Å². The SMILES string of the molecule is C[C@H](Sc1nnc(N)s1)C(=O)Nc1ccc2c(c1)OCCO2. The first-order valence-corrected chi connectivity index (χ1v) is 8.27. The summed E-state index contributed by atoms with van der Waals surface area (Å²) in [5, 5.41) is 10.5. The number of nitrogen functional groups attached to an aromatic ring is 1. The highest BCUT2D eigenvalue weighted by molar-refractivity contribution is 8.02. The van der Waals surface area contributed by atoms with Gasteiger partial charge in [0.05, 0.1) is 5.25 Å². The number of thioether (sulfide) groups is 1. The van der Waals surface area contributed by atoms with E-state index in [9.17, 15) is 4.79 Å². The molecule has 1 amide bonds. The predicted molar refractivity (Wildman–Crippen MR) is 85.7 cm³/mol. The van der Waals surface area contributed by atoms with Gasteiger partial charge in [-0.2, -0.15) is 0 Å². The van der Waals surface area contributed by atoms with Crippen LogP contribution in [0.1, 0.15) is 6.92 Å². The van der Waals surface area contributed by atoms with Crippen LogP contribution >= 0.6 is 23.1 Å². The molecule has 7 nitrogen and oxygen atoms in total. The lowest BCUT2D eigenvalue weighted by molar-refractivity contribution is -0.115. The molecule has 0 radical (unpaired) electrons. The minimum atomic E-state index is -0.319. The Labute approximate surface area is 135 Å². The number of benzene rings is 1. The number of amides is 1. The van der Waals surface area contributed by atoms with Crippen LogP contribution in [0.15, 0.2) is 22.5 Å². The normalized spacial score (nSPS) is 14.4. The highest BCUT2D eigenvalue weighted by Gasteiger charge is 2.18. The summed E-state index contributed by atoms with van der Waals surface area (Å²) in [6, 6.07) is 5.33. The molecular formula is C13H14N4O3S2. The van der Waals surface area contributed by atoms with Crippen LogP contribution in [0.5, 0.6) is 11.5 Å². The lowest BCUT2D eigenvalue weighted by Crippen LogP contribution is -2.22. The van der Waals surface area contributed by atoms with Crippen LogP contribution in [0.2, 0.25) is 0 Å². The van der Waals surface area contributed by atoms with Gasteiger partial charge in [0.2, 0.25) is 11.0 Å². The molecule has 0 saturated carbocycles. The number of nitrogens with one attached hydrogen (secondary N) is 1. The molecule has 0 aliphatic carbocycles. The number of carbonyl (C=O) groups excluding carboxylic acids is 1. The summed E-state index contributed by atoms with van der Waals surface area (Å²) >= 11 is 2.58. The van der Waals surface area contributed by atoms with Crippen LogP contribution in [0.4, 0.5) is 10.8 Å². The van der Waals surface area contributed by atoms with Gasteiger partial charge < -0.3 is 20.5 Å². The molecule has 0 unspecified atom stereocenters. The first-order chi connectivity index (χ1) is 10.6. The fourth-order valence-electron chi connectivity index (χ4n) is 1.84. The Morgan fingerprint density at radius 1 is 1.36 bits per heavy atom. The van der Waals surface area contributed by atoms with E-state index in [0.29, 0.717) is 39.9 Å². The van der Waals surface area contributed by atoms with Crippen LogP contribution in [0.3, 0.4) is 0 Å². The zero-order valence-corrected chi connectivity index (χ0v) is 13.4. The molecular weight excluding hydrogens is 324 g/mol. The van der Waals surface area contributed by atoms with Crippen molar-refractivity contribution in [2.24, 2.45) is 0 Å². The second-order valence-corrected chi connectivity index (χ2v) is 7.11. The van der Waals surface area contributed by atoms with Gasteiger partial charge in [-0.05, 0) is 19.1 Å². The van der Waals surface area contributed by atoms with Gasteiger partial charge in [-0.15, -0.1) is 10.2 Å². The quantitative estimate of drug-likeness (QED) is 0.823. The molecule has 22 heavy (non-hydrogen) atoms. The molecule has 1 atom stereocenters. The van der Waals surface area contributed by atoms with Crippen LogP contribution in [-0.2, 0) is 4.79 Å². The maximum Gasteiger partial charge on any atom is 0.237 e. The number of fused-ring (bicyclic) bond motifs is 1. The van der Waals surface area contributed by atoms with Crippen molar-refractivity contribution < 1.29 is 14.3 Å². The Morgan fingerprint density at radius 2 is 2.14 bits per heavy atom. The van der Waals surface area contributed by atoms with Gasteiger partial charge >= 0.3 is 0 Å². The summed E-state index contributed by atoms with van der Waals surface area (Å²) < 4.78 is 11.6. The lowest BCUT2D eigenvalue weighted by atomic mass is 10.2. The lowest BCUT2D eigenvalue weighted by Gasteiger charge is -2.19. The number of ether oxygens (including phenoxy) is 2. The van der Waals surface area contributed by atoms with Crippen LogP contribution < -0.4 is 20.5 Å². The predicted octanol–water partition coefficient (Wildman–Crippen LogP) is 2.01. The molecule has 2 aromatic rings. The van der Waals surface area contributed by atoms with Gasteiger partial charge in [0, 0.05) is 11.8 Å². The Hall–Kier alpha value is -2.00. The molecule has 1 aromatic carbocycles. The third-order valence-corrected chi connectivity index (χ3v) is 4.82. The number of aromatic nitrogens is 2. The summed E-state index contributed by atoms with van der Waals surface area (Å²) in [6.45, 7) is 2.85. The minimum Gasteiger partial charge on any atom is -0.486 e. The highest BCUT2D eigenvalue weighted by Crippen LogP contribution is 2.33. The van der Waals surface area contributed by atoms with E-state index in [1.54, 1.807) is 25.1 Å². The molecule has 0 saturated heterocycles.